The van der Waals surface area contributed by atoms with Gasteiger partial charge in [-0.05, 0) is 45.2 Å². The van der Waals surface area contributed by atoms with Crippen molar-refractivity contribution in [3.8, 4) is 0 Å². The monoisotopic (exact) mass is 332 g/mol. The minimum absolute atomic E-state index is 0.0439. The van der Waals surface area contributed by atoms with Crippen LogP contribution in [0.3, 0.4) is 0 Å². The summed E-state index contributed by atoms with van der Waals surface area (Å²) in [4.78, 5) is 13.7. The topological polar surface area (TPSA) is 86.7 Å². The second kappa shape index (κ2) is 6.04. The first-order chi connectivity index (χ1) is 9.72. The number of hydrazine groups is 1. The quantitative estimate of drug-likeness (QED) is 0.883. The van der Waals surface area contributed by atoms with Crippen molar-refractivity contribution in [1.82, 2.24) is 9.84 Å². The predicted octanol–water partition coefficient (Wildman–Crippen LogP) is 2.21. The molecule has 8 heteroatoms. The van der Waals surface area contributed by atoms with Crippen LogP contribution in [0.15, 0.2) is 10.3 Å². The smallest absolute Gasteiger partial charge is 0.346 e. The van der Waals surface area contributed by atoms with Gasteiger partial charge in [-0.3, -0.25) is 0 Å². The zero-order valence-corrected chi connectivity index (χ0v) is 13.9. The fourth-order valence-electron chi connectivity index (χ4n) is 2.58. The van der Waals surface area contributed by atoms with Crippen molar-refractivity contribution in [3.05, 3.63) is 16.5 Å². The molecule has 0 aliphatic carbocycles. The van der Waals surface area contributed by atoms with Gasteiger partial charge in [0.05, 0.1) is 0 Å². The van der Waals surface area contributed by atoms with Crippen molar-refractivity contribution in [3.63, 3.8) is 0 Å². The van der Waals surface area contributed by atoms with Gasteiger partial charge in [-0.15, -0.1) is 16.2 Å². The largest absolute Gasteiger partial charge is 0.477 e. The molecule has 6 nitrogen and oxygen atoms in total. The lowest BCUT2D eigenvalue weighted by atomic mass is 10.0. The van der Waals surface area contributed by atoms with Crippen LogP contribution < -0.4 is 4.83 Å². The number of carboxylic acids is 1. The van der Waals surface area contributed by atoms with Gasteiger partial charge < -0.3 is 5.11 Å². The minimum atomic E-state index is -3.73. The molecule has 0 aromatic carbocycles. The van der Waals surface area contributed by atoms with Gasteiger partial charge in [0, 0.05) is 12.1 Å². The highest BCUT2D eigenvalue weighted by Crippen LogP contribution is 2.27. The minimum Gasteiger partial charge on any atom is -0.477 e. The third-order valence-electron chi connectivity index (χ3n) is 3.77. The lowest BCUT2D eigenvalue weighted by molar-refractivity contribution is 0.0701. The number of aryl methyl sites for hydroxylation is 1. The number of carbonyl (C=O) groups is 1. The molecule has 1 aliphatic heterocycles. The molecule has 0 bridgehead atoms. The number of hydrogen-bond donors (Lipinski definition) is 2. The Bertz CT molecular complexity index is 629. The molecule has 1 saturated heterocycles. The highest BCUT2D eigenvalue weighted by atomic mass is 32.2. The number of nitrogens with zero attached hydrogens (tertiary/aromatic N) is 1. The van der Waals surface area contributed by atoms with Gasteiger partial charge in [0.1, 0.15) is 9.09 Å². The second-order valence-electron chi connectivity index (χ2n) is 5.51. The molecule has 0 spiro atoms. The van der Waals surface area contributed by atoms with Crippen LogP contribution in [0.25, 0.3) is 0 Å². The molecule has 0 amide bonds. The third-order valence-corrected chi connectivity index (χ3v) is 6.80. The van der Waals surface area contributed by atoms with Gasteiger partial charge in [0.2, 0.25) is 0 Å². The molecule has 2 N–H and O–H groups in total. The van der Waals surface area contributed by atoms with E-state index in [4.69, 9.17) is 5.11 Å². The summed E-state index contributed by atoms with van der Waals surface area (Å²) in [5.74, 6) is -1.10. The van der Waals surface area contributed by atoms with E-state index in [1.54, 1.807) is 11.9 Å². The van der Waals surface area contributed by atoms with Gasteiger partial charge in [-0.25, -0.2) is 18.2 Å². The molecule has 1 fully saturated rings. The van der Waals surface area contributed by atoms with E-state index in [-0.39, 0.29) is 21.2 Å². The molecule has 1 aromatic heterocycles. The third kappa shape index (κ3) is 3.45. The summed E-state index contributed by atoms with van der Waals surface area (Å²) in [5, 5.41) is 10.8. The average molecular weight is 332 g/mol. The Morgan fingerprint density at radius 1 is 1.38 bits per heavy atom. The Labute approximate surface area is 128 Å². The van der Waals surface area contributed by atoms with Crippen LogP contribution >= 0.6 is 11.3 Å². The molecule has 1 aliphatic rings. The first-order valence-corrected chi connectivity index (χ1v) is 9.17. The molecular weight excluding hydrogens is 312 g/mol. The van der Waals surface area contributed by atoms with Gasteiger partial charge in [0.15, 0.2) is 0 Å². The number of thiophene rings is 1. The van der Waals surface area contributed by atoms with Crippen molar-refractivity contribution in [1.29, 1.82) is 0 Å². The average Bonchev–Trinajstić information content (AvgIpc) is 2.77. The fourth-order valence-corrected chi connectivity index (χ4v) is 5.19. The first kappa shape index (κ1) is 16.4. The molecule has 2 heterocycles. The highest BCUT2D eigenvalue weighted by molar-refractivity contribution is 7.91. The van der Waals surface area contributed by atoms with E-state index in [0.29, 0.717) is 5.56 Å². The lowest BCUT2D eigenvalue weighted by Crippen LogP contribution is -2.53. The van der Waals surface area contributed by atoms with Crippen molar-refractivity contribution in [2.75, 3.05) is 0 Å². The standard InChI is InChI=1S/C13H20N2O4S2/c1-8-7-11(20-12(8)13(16)17)21(18,19)14-15-9(2)5-4-6-10(15)3/h7,9-10,14H,4-6H2,1-3H3,(H,16,17). The molecule has 2 rings (SSSR count). The SMILES string of the molecule is Cc1cc(S(=O)(=O)NN2C(C)CCCC2C)sc1C(=O)O. The second-order valence-corrected chi connectivity index (χ2v) is 8.45. The van der Waals surface area contributed by atoms with E-state index in [9.17, 15) is 13.2 Å². The van der Waals surface area contributed by atoms with Gasteiger partial charge in [-0.2, -0.15) is 0 Å². The van der Waals surface area contributed by atoms with Gasteiger partial charge in [0.25, 0.3) is 10.0 Å². The number of carboxylic acid groups (broad SMARTS) is 1. The van der Waals surface area contributed by atoms with Crippen molar-refractivity contribution in [2.45, 2.75) is 56.3 Å². The van der Waals surface area contributed by atoms with Crippen LogP contribution in [0, 0.1) is 6.92 Å². The van der Waals surface area contributed by atoms with Crippen LogP contribution in [0.4, 0.5) is 0 Å². The molecule has 21 heavy (non-hydrogen) atoms. The molecule has 1 aromatic rings. The Morgan fingerprint density at radius 3 is 2.43 bits per heavy atom. The van der Waals surface area contributed by atoms with E-state index in [0.717, 1.165) is 30.6 Å². The van der Waals surface area contributed by atoms with Crippen molar-refractivity contribution < 1.29 is 18.3 Å². The summed E-state index contributed by atoms with van der Waals surface area (Å²) in [7, 11) is -3.73. The highest BCUT2D eigenvalue weighted by Gasteiger charge is 2.30. The molecule has 0 radical (unpaired) electrons. The maximum Gasteiger partial charge on any atom is 0.346 e. The number of rotatable bonds is 4. The number of aromatic carboxylic acids is 1. The normalized spacial score (nSPS) is 24.1. The predicted molar refractivity (Wildman–Crippen MR) is 81.0 cm³/mol. The summed E-state index contributed by atoms with van der Waals surface area (Å²) in [6.45, 7) is 5.58. The van der Waals surface area contributed by atoms with E-state index in [2.05, 4.69) is 4.83 Å². The Morgan fingerprint density at radius 2 is 1.95 bits per heavy atom. The van der Waals surface area contributed by atoms with Crippen LogP contribution in [0.2, 0.25) is 0 Å². The number of piperidine rings is 1. The first-order valence-electron chi connectivity index (χ1n) is 6.87. The summed E-state index contributed by atoms with van der Waals surface area (Å²) < 4.78 is 24.9. The van der Waals surface area contributed by atoms with E-state index < -0.39 is 16.0 Å². The maximum atomic E-state index is 12.4. The Balaban J connectivity index is 2.26. The summed E-state index contributed by atoms with van der Waals surface area (Å²) in [5.41, 5.74) is 0.465. The van der Waals surface area contributed by atoms with E-state index >= 15 is 0 Å². The summed E-state index contributed by atoms with van der Waals surface area (Å²) in [6, 6.07) is 1.67. The van der Waals surface area contributed by atoms with E-state index in [1.807, 2.05) is 13.8 Å². The molecule has 0 saturated carbocycles. The summed E-state index contributed by atoms with van der Waals surface area (Å²) >= 11 is 0.789. The molecule has 2 unspecified atom stereocenters. The van der Waals surface area contributed by atoms with Crippen molar-refractivity contribution in [2.24, 2.45) is 0 Å². The molecule has 118 valence electrons. The molecule has 2 atom stereocenters. The number of hydrogen-bond acceptors (Lipinski definition) is 5. The Hall–Kier alpha value is -0.960. The maximum absolute atomic E-state index is 12.4. The van der Waals surface area contributed by atoms with E-state index in [1.165, 1.54) is 6.07 Å². The van der Waals surface area contributed by atoms with Crippen LogP contribution in [-0.2, 0) is 10.0 Å². The van der Waals surface area contributed by atoms with Crippen LogP contribution in [-0.4, -0.2) is 36.6 Å². The van der Waals surface area contributed by atoms with Gasteiger partial charge in [-0.1, -0.05) is 6.42 Å². The van der Waals surface area contributed by atoms with Gasteiger partial charge >= 0.3 is 5.97 Å². The van der Waals surface area contributed by atoms with Crippen LogP contribution in [0.1, 0.15) is 48.3 Å². The number of nitrogens with one attached hydrogen (secondary N) is 1. The van der Waals surface area contributed by atoms with Crippen molar-refractivity contribution >= 4 is 27.3 Å². The number of sulfonamides is 1. The fraction of sp³-hybridized carbons (Fsp3) is 0.615. The lowest BCUT2D eigenvalue weighted by Gasteiger charge is -2.38. The Kier molecular flexibility index (Phi) is 4.72. The zero-order valence-electron chi connectivity index (χ0n) is 12.3. The zero-order chi connectivity index (χ0) is 15.8. The van der Waals surface area contributed by atoms with Crippen LogP contribution in [0.5, 0.6) is 0 Å². The summed E-state index contributed by atoms with van der Waals surface area (Å²) in [6.07, 6.45) is 2.97. The molecular formula is C13H20N2O4S2.